The average Bonchev–Trinajstić information content (AvgIpc) is 2.47. The molecule has 1 aromatic carbocycles. The Labute approximate surface area is 133 Å². The number of rotatable bonds is 7. The van der Waals surface area contributed by atoms with Crippen molar-refractivity contribution in [3.63, 3.8) is 0 Å². The highest BCUT2D eigenvalue weighted by molar-refractivity contribution is 6.31. The maximum absolute atomic E-state index is 11.9. The van der Waals surface area contributed by atoms with Crippen LogP contribution < -0.4 is 4.74 Å². The number of hydrogen-bond donors (Lipinski definition) is 0. The first kappa shape index (κ1) is 17.8. The van der Waals surface area contributed by atoms with Gasteiger partial charge in [0, 0.05) is 11.1 Å². The molecule has 0 atom stereocenters. The summed E-state index contributed by atoms with van der Waals surface area (Å²) >= 11 is 6.08. The van der Waals surface area contributed by atoms with Gasteiger partial charge in [0.25, 0.3) is 6.26 Å². The number of hydrogen-bond acceptors (Lipinski definition) is 6. The van der Waals surface area contributed by atoms with Gasteiger partial charge in [-0.2, -0.15) is 0 Å². The lowest BCUT2D eigenvalue weighted by molar-refractivity contribution is -0.161. The Kier molecular flexibility index (Phi) is 7.20. The lowest BCUT2D eigenvalue weighted by Crippen LogP contribution is -2.30. The monoisotopic (exact) mass is 325 g/mol. The number of carbonyl (C=O) groups excluding carboxylic acids is 2. The summed E-state index contributed by atoms with van der Waals surface area (Å²) in [6.45, 7) is 3.64. The summed E-state index contributed by atoms with van der Waals surface area (Å²) in [5, 5.41) is 8.73. The highest BCUT2D eigenvalue weighted by Crippen LogP contribution is 2.25. The zero-order chi connectivity index (χ0) is 16.5. The molecule has 1 aromatic rings. The Hall–Kier alpha value is -2.26. The summed E-state index contributed by atoms with van der Waals surface area (Å²) in [5.74, 6) is -2.12. The lowest BCUT2D eigenvalue weighted by atomic mass is 9.99. The minimum atomic E-state index is -1.08. The molecule has 0 aromatic heterocycles. The second kappa shape index (κ2) is 8.90. The van der Waals surface area contributed by atoms with Crippen LogP contribution in [0, 0.1) is 17.4 Å². The van der Waals surface area contributed by atoms with Crippen molar-refractivity contribution in [3.05, 3.63) is 28.8 Å². The van der Waals surface area contributed by atoms with Gasteiger partial charge in [-0.1, -0.05) is 17.7 Å². The summed E-state index contributed by atoms with van der Waals surface area (Å²) in [6.07, 6.45) is 1.58. The number of nitriles is 1. The number of benzene rings is 1. The van der Waals surface area contributed by atoms with E-state index in [-0.39, 0.29) is 30.4 Å². The molecule has 1 rings (SSSR count). The number of nitrogens with zero attached hydrogens (tertiary/aromatic N) is 1. The molecule has 0 aliphatic heterocycles. The topological polar surface area (TPSA) is 85.6 Å². The van der Waals surface area contributed by atoms with Crippen molar-refractivity contribution >= 4 is 23.5 Å². The molecule has 0 bridgehead atoms. The molecule has 0 aliphatic rings. The van der Waals surface area contributed by atoms with E-state index in [2.05, 4.69) is 4.74 Å². The SMILES string of the molecule is CCOC(=O)C(Cc1ccc(OC#N)cc1Cl)C(=O)OCC. The molecule has 0 spiro atoms. The van der Waals surface area contributed by atoms with Gasteiger partial charge < -0.3 is 14.2 Å². The van der Waals surface area contributed by atoms with Gasteiger partial charge in [-0.3, -0.25) is 9.59 Å². The summed E-state index contributed by atoms with van der Waals surface area (Å²) < 4.78 is 14.4. The van der Waals surface area contributed by atoms with Crippen LogP contribution in [-0.4, -0.2) is 25.2 Å². The van der Waals surface area contributed by atoms with Crippen LogP contribution in [0.3, 0.4) is 0 Å². The van der Waals surface area contributed by atoms with Gasteiger partial charge in [-0.15, -0.1) is 5.26 Å². The van der Waals surface area contributed by atoms with Gasteiger partial charge in [0.1, 0.15) is 5.75 Å². The van der Waals surface area contributed by atoms with Gasteiger partial charge in [-0.05, 0) is 31.9 Å². The fraction of sp³-hybridized carbons (Fsp3) is 0.400. The van der Waals surface area contributed by atoms with E-state index in [0.29, 0.717) is 5.56 Å². The van der Waals surface area contributed by atoms with Gasteiger partial charge in [0.05, 0.1) is 13.2 Å². The van der Waals surface area contributed by atoms with Crippen LogP contribution in [0.2, 0.25) is 5.02 Å². The highest BCUT2D eigenvalue weighted by atomic mass is 35.5. The number of carbonyl (C=O) groups is 2. The van der Waals surface area contributed by atoms with Crippen LogP contribution in [0.1, 0.15) is 19.4 Å². The van der Waals surface area contributed by atoms with E-state index in [1.807, 2.05) is 0 Å². The third kappa shape index (κ3) is 4.93. The molecular formula is C15H16ClNO5. The predicted molar refractivity (Wildman–Crippen MR) is 78.2 cm³/mol. The second-order valence-corrected chi connectivity index (χ2v) is 4.61. The van der Waals surface area contributed by atoms with E-state index in [0.717, 1.165) is 0 Å². The third-order valence-electron chi connectivity index (χ3n) is 2.75. The smallest absolute Gasteiger partial charge is 0.320 e. The Morgan fingerprint density at radius 1 is 1.23 bits per heavy atom. The van der Waals surface area contributed by atoms with E-state index in [1.54, 1.807) is 19.9 Å². The normalized spacial score (nSPS) is 9.95. The molecule has 0 radical (unpaired) electrons. The summed E-state index contributed by atoms with van der Waals surface area (Å²) in [7, 11) is 0. The number of esters is 2. The van der Waals surface area contributed by atoms with E-state index >= 15 is 0 Å². The molecule has 0 saturated carbocycles. The van der Waals surface area contributed by atoms with Crippen molar-refractivity contribution in [3.8, 4) is 12.0 Å². The largest absolute Gasteiger partial charge is 0.465 e. The van der Waals surface area contributed by atoms with Crippen molar-refractivity contribution in [2.45, 2.75) is 20.3 Å². The number of ether oxygens (including phenoxy) is 3. The number of halogens is 1. The van der Waals surface area contributed by atoms with Crippen LogP contribution in [0.4, 0.5) is 0 Å². The average molecular weight is 326 g/mol. The molecule has 0 fully saturated rings. The third-order valence-corrected chi connectivity index (χ3v) is 3.11. The van der Waals surface area contributed by atoms with Crippen molar-refractivity contribution in [1.82, 2.24) is 0 Å². The molecule has 0 saturated heterocycles. The van der Waals surface area contributed by atoms with Crippen molar-refractivity contribution < 1.29 is 23.8 Å². The molecule has 0 unspecified atom stereocenters. The minimum absolute atomic E-state index is 0.0450. The first-order valence-electron chi connectivity index (χ1n) is 6.71. The maximum Gasteiger partial charge on any atom is 0.320 e. The first-order chi connectivity index (χ1) is 10.5. The Morgan fingerprint density at radius 3 is 2.27 bits per heavy atom. The molecule has 118 valence electrons. The predicted octanol–water partition coefficient (Wildman–Crippen LogP) is 2.48. The second-order valence-electron chi connectivity index (χ2n) is 4.21. The Morgan fingerprint density at radius 2 is 1.82 bits per heavy atom. The zero-order valence-corrected chi connectivity index (χ0v) is 13.1. The van der Waals surface area contributed by atoms with Gasteiger partial charge in [0.15, 0.2) is 5.92 Å². The highest BCUT2D eigenvalue weighted by Gasteiger charge is 2.30. The maximum atomic E-state index is 11.9. The molecule has 0 aliphatic carbocycles. The molecule has 0 amide bonds. The van der Waals surface area contributed by atoms with Crippen LogP contribution in [0.5, 0.6) is 5.75 Å². The van der Waals surface area contributed by atoms with Crippen LogP contribution in [-0.2, 0) is 25.5 Å². The van der Waals surface area contributed by atoms with Crippen LogP contribution in [0.15, 0.2) is 18.2 Å². The van der Waals surface area contributed by atoms with Crippen molar-refractivity contribution in [1.29, 1.82) is 5.26 Å². The van der Waals surface area contributed by atoms with E-state index in [9.17, 15) is 9.59 Å². The van der Waals surface area contributed by atoms with Gasteiger partial charge in [0.2, 0.25) is 0 Å². The van der Waals surface area contributed by atoms with E-state index in [4.69, 9.17) is 26.3 Å². The van der Waals surface area contributed by atoms with Crippen molar-refractivity contribution in [2.75, 3.05) is 13.2 Å². The summed E-state index contributed by atoms with van der Waals surface area (Å²) in [4.78, 5) is 23.8. The van der Waals surface area contributed by atoms with Crippen LogP contribution >= 0.6 is 11.6 Å². The minimum Gasteiger partial charge on any atom is -0.465 e. The Bertz CT molecular complexity index is 564. The summed E-state index contributed by atoms with van der Waals surface area (Å²) in [5.41, 5.74) is 0.554. The first-order valence-corrected chi connectivity index (χ1v) is 7.08. The molecule has 0 heterocycles. The Balaban J connectivity index is 2.96. The molecule has 7 heteroatoms. The van der Waals surface area contributed by atoms with E-state index in [1.165, 1.54) is 18.4 Å². The van der Waals surface area contributed by atoms with Crippen molar-refractivity contribution in [2.24, 2.45) is 5.92 Å². The summed E-state index contributed by atoms with van der Waals surface area (Å²) in [6, 6.07) is 4.55. The molecule has 22 heavy (non-hydrogen) atoms. The molecule has 0 N–H and O–H groups in total. The molecule has 6 nitrogen and oxygen atoms in total. The quantitative estimate of drug-likeness (QED) is 0.435. The fourth-order valence-electron chi connectivity index (χ4n) is 1.78. The standard InChI is InChI=1S/C15H16ClNO5/c1-3-20-14(18)12(15(19)21-4-2)7-10-5-6-11(22-9-17)8-13(10)16/h5-6,8,12H,3-4,7H2,1-2H3. The van der Waals surface area contributed by atoms with Crippen LogP contribution in [0.25, 0.3) is 0 Å². The fourth-order valence-corrected chi connectivity index (χ4v) is 2.03. The van der Waals surface area contributed by atoms with Gasteiger partial charge in [-0.25, -0.2) is 0 Å². The van der Waals surface area contributed by atoms with Gasteiger partial charge >= 0.3 is 11.9 Å². The lowest BCUT2D eigenvalue weighted by Gasteiger charge is -2.15. The molecular weight excluding hydrogens is 310 g/mol. The van der Waals surface area contributed by atoms with E-state index < -0.39 is 17.9 Å². The zero-order valence-electron chi connectivity index (χ0n) is 12.3.